The standard InChI is InChI=1S/C21H23N3O/c1-16-8-6-11-18-19(14-22)24(21(25)20(16)18)13-7-12-23(2)15-17-9-4-3-5-10-17/h3-6,8-11,19H,7,12-13,15H2,1-2H3. The Hall–Kier alpha value is -2.64. The lowest BCUT2D eigenvalue weighted by Gasteiger charge is -2.22. The highest BCUT2D eigenvalue weighted by Crippen LogP contribution is 2.34. The Morgan fingerprint density at radius 1 is 1.16 bits per heavy atom. The molecule has 128 valence electrons. The molecule has 0 radical (unpaired) electrons. The first-order valence-corrected chi connectivity index (χ1v) is 8.64. The van der Waals surface area contributed by atoms with Crippen LogP contribution in [0.25, 0.3) is 0 Å². The van der Waals surface area contributed by atoms with Gasteiger partial charge in [0.1, 0.15) is 6.04 Å². The summed E-state index contributed by atoms with van der Waals surface area (Å²) in [5, 5.41) is 9.54. The van der Waals surface area contributed by atoms with E-state index in [0.29, 0.717) is 12.1 Å². The summed E-state index contributed by atoms with van der Waals surface area (Å²) >= 11 is 0. The first-order valence-electron chi connectivity index (χ1n) is 8.64. The average molecular weight is 333 g/mol. The summed E-state index contributed by atoms with van der Waals surface area (Å²) in [6, 6.07) is 17.9. The van der Waals surface area contributed by atoms with Crippen LogP contribution in [0.2, 0.25) is 0 Å². The number of fused-ring (bicyclic) bond motifs is 1. The van der Waals surface area contributed by atoms with E-state index in [1.807, 2.05) is 43.3 Å². The topological polar surface area (TPSA) is 47.3 Å². The molecule has 1 aliphatic rings. The average Bonchev–Trinajstić information content (AvgIpc) is 2.88. The molecule has 0 fully saturated rings. The largest absolute Gasteiger partial charge is 0.318 e. The summed E-state index contributed by atoms with van der Waals surface area (Å²) in [6.07, 6.45) is 0.848. The van der Waals surface area contributed by atoms with E-state index in [2.05, 4.69) is 30.1 Å². The van der Waals surface area contributed by atoms with Crippen molar-refractivity contribution in [3.05, 3.63) is 70.8 Å². The van der Waals surface area contributed by atoms with Crippen molar-refractivity contribution in [1.82, 2.24) is 9.80 Å². The molecule has 1 atom stereocenters. The van der Waals surface area contributed by atoms with Crippen LogP contribution in [0.4, 0.5) is 0 Å². The fraction of sp³-hybridized carbons (Fsp3) is 0.333. The van der Waals surface area contributed by atoms with Crippen LogP contribution in [-0.2, 0) is 6.54 Å². The van der Waals surface area contributed by atoms with E-state index in [0.717, 1.165) is 30.6 Å². The van der Waals surface area contributed by atoms with Gasteiger partial charge in [-0.3, -0.25) is 4.79 Å². The van der Waals surface area contributed by atoms with Gasteiger partial charge in [0.25, 0.3) is 5.91 Å². The molecule has 0 N–H and O–H groups in total. The van der Waals surface area contributed by atoms with Crippen molar-refractivity contribution in [2.45, 2.75) is 25.9 Å². The zero-order valence-corrected chi connectivity index (χ0v) is 14.8. The number of rotatable bonds is 6. The molecule has 0 aromatic heterocycles. The fourth-order valence-electron chi connectivity index (χ4n) is 3.49. The molecule has 2 aromatic rings. The van der Waals surface area contributed by atoms with Crippen LogP contribution in [-0.4, -0.2) is 35.8 Å². The maximum Gasteiger partial charge on any atom is 0.255 e. The number of hydrogen-bond donors (Lipinski definition) is 0. The number of nitriles is 1. The van der Waals surface area contributed by atoms with E-state index in [-0.39, 0.29) is 5.91 Å². The molecule has 0 bridgehead atoms. The van der Waals surface area contributed by atoms with Crippen LogP contribution in [0.3, 0.4) is 0 Å². The smallest absolute Gasteiger partial charge is 0.255 e. The van der Waals surface area contributed by atoms with Gasteiger partial charge in [-0.15, -0.1) is 0 Å². The Balaban J connectivity index is 1.59. The molecule has 1 unspecified atom stereocenters. The van der Waals surface area contributed by atoms with Crippen LogP contribution < -0.4 is 0 Å². The van der Waals surface area contributed by atoms with Crippen molar-refractivity contribution in [3.63, 3.8) is 0 Å². The predicted octanol–water partition coefficient (Wildman–Crippen LogP) is 3.54. The fourth-order valence-corrected chi connectivity index (χ4v) is 3.49. The van der Waals surface area contributed by atoms with E-state index in [4.69, 9.17) is 0 Å². The van der Waals surface area contributed by atoms with E-state index < -0.39 is 6.04 Å². The van der Waals surface area contributed by atoms with E-state index >= 15 is 0 Å². The van der Waals surface area contributed by atoms with Crippen LogP contribution in [0.15, 0.2) is 48.5 Å². The summed E-state index contributed by atoms with van der Waals surface area (Å²) in [7, 11) is 2.08. The van der Waals surface area contributed by atoms with Crippen molar-refractivity contribution < 1.29 is 4.79 Å². The van der Waals surface area contributed by atoms with E-state index in [9.17, 15) is 10.1 Å². The van der Waals surface area contributed by atoms with E-state index in [1.54, 1.807) is 4.90 Å². The molecule has 1 aliphatic heterocycles. The molecule has 2 aromatic carbocycles. The van der Waals surface area contributed by atoms with Gasteiger partial charge in [-0.05, 0) is 38.1 Å². The van der Waals surface area contributed by atoms with Gasteiger partial charge in [0.2, 0.25) is 0 Å². The lowest BCUT2D eigenvalue weighted by atomic mass is 10.0. The first kappa shape index (κ1) is 17.2. The first-order chi connectivity index (χ1) is 12.1. The monoisotopic (exact) mass is 333 g/mol. The second-order valence-electron chi connectivity index (χ2n) is 6.65. The van der Waals surface area contributed by atoms with E-state index in [1.165, 1.54) is 5.56 Å². The predicted molar refractivity (Wildman–Crippen MR) is 98.0 cm³/mol. The molecule has 0 saturated carbocycles. The number of hydrogen-bond acceptors (Lipinski definition) is 3. The number of nitrogens with zero attached hydrogens (tertiary/aromatic N) is 3. The highest BCUT2D eigenvalue weighted by Gasteiger charge is 2.37. The minimum atomic E-state index is -0.457. The zero-order valence-electron chi connectivity index (χ0n) is 14.8. The Bertz CT molecular complexity index is 795. The molecule has 4 nitrogen and oxygen atoms in total. The lowest BCUT2D eigenvalue weighted by molar-refractivity contribution is 0.0750. The molecular weight excluding hydrogens is 310 g/mol. The van der Waals surface area contributed by atoms with Gasteiger partial charge in [-0.25, -0.2) is 0 Å². The Labute approximate surface area is 149 Å². The highest BCUT2D eigenvalue weighted by molar-refractivity contribution is 6.01. The molecule has 25 heavy (non-hydrogen) atoms. The molecule has 0 spiro atoms. The van der Waals surface area contributed by atoms with Crippen molar-refractivity contribution >= 4 is 5.91 Å². The van der Waals surface area contributed by atoms with Crippen LogP contribution in [0, 0.1) is 18.3 Å². The number of aryl methyl sites for hydroxylation is 1. The second-order valence-corrected chi connectivity index (χ2v) is 6.65. The quantitative estimate of drug-likeness (QED) is 0.812. The van der Waals surface area contributed by atoms with Gasteiger partial charge in [-0.2, -0.15) is 5.26 Å². The third-order valence-electron chi connectivity index (χ3n) is 4.74. The van der Waals surface area contributed by atoms with Crippen LogP contribution >= 0.6 is 0 Å². The third kappa shape index (κ3) is 3.57. The summed E-state index contributed by atoms with van der Waals surface area (Å²) in [6.45, 7) is 4.30. The highest BCUT2D eigenvalue weighted by atomic mass is 16.2. The lowest BCUT2D eigenvalue weighted by Crippen LogP contribution is -2.31. The third-order valence-corrected chi connectivity index (χ3v) is 4.74. The molecule has 1 heterocycles. The van der Waals surface area contributed by atoms with Gasteiger partial charge in [0.05, 0.1) is 6.07 Å². The van der Waals surface area contributed by atoms with Crippen molar-refractivity contribution in [2.75, 3.05) is 20.1 Å². The summed E-state index contributed by atoms with van der Waals surface area (Å²) in [4.78, 5) is 16.7. The van der Waals surface area contributed by atoms with Crippen LogP contribution in [0.1, 0.15) is 39.5 Å². The van der Waals surface area contributed by atoms with Gasteiger partial charge < -0.3 is 9.80 Å². The molecule has 1 amide bonds. The molecule has 0 saturated heterocycles. The summed E-state index contributed by atoms with van der Waals surface area (Å²) in [5.41, 5.74) is 3.79. The van der Waals surface area contributed by atoms with Gasteiger partial charge in [0, 0.05) is 24.2 Å². The van der Waals surface area contributed by atoms with Gasteiger partial charge >= 0.3 is 0 Å². The normalized spacial score (nSPS) is 16.2. The van der Waals surface area contributed by atoms with Crippen LogP contribution in [0.5, 0.6) is 0 Å². The molecule has 4 heteroatoms. The SMILES string of the molecule is Cc1cccc2c1C(=O)N(CCCN(C)Cc1ccccc1)C2C#N. The summed E-state index contributed by atoms with van der Waals surface area (Å²) in [5.74, 6) is -0.00892. The number of benzene rings is 2. The zero-order chi connectivity index (χ0) is 17.8. The maximum atomic E-state index is 12.7. The van der Waals surface area contributed by atoms with Gasteiger partial charge in [-0.1, -0.05) is 48.5 Å². The van der Waals surface area contributed by atoms with Crippen molar-refractivity contribution in [2.24, 2.45) is 0 Å². The number of amides is 1. The molecular formula is C21H23N3O. The minimum absolute atomic E-state index is 0.00892. The second kappa shape index (κ2) is 7.50. The Morgan fingerprint density at radius 3 is 2.64 bits per heavy atom. The Kier molecular flexibility index (Phi) is 5.16. The molecule has 0 aliphatic carbocycles. The van der Waals surface area contributed by atoms with Gasteiger partial charge in [0.15, 0.2) is 0 Å². The minimum Gasteiger partial charge on any atom is -0.318 e. The summed E-state index contributed by atoms with van der Waals surface area (Å²) < 4.78 is 0. The molecule has 3 rings (SSSR count). The number of carbonyl (C=O) groups is 1. The van der Waals surface area contributed by atoms with Crippen molar-refractivity contribution in [3.8, 4) is 6.07 Å². The maximum absolute atomic E-state index is 12.7. The van der Waals surface area contributed by atoms with Crippen molar-refractivity contribution in [1.29, 1.82) is 5.26 Å². The number of carbonyl (C=O) groups excluding carboxylic acids is 1. The Morgan fingerprint density at radius 2 is 1.92 bits per heavy atom.